The highest BCUT2D eigenvalue weighted by Gasteiger charge is 2.20. The van der Waals surface area contributed by atoms with Crippen molar-refractivity contribution in [2.24, 2.45) is 0 Å². The number of hydrogen-bond donors (Lipinski definition) is 1. The van der Waals surface area contributed by atoms with E-state index in [-0.39, 0.29) is 5.03 Å². The van der Waals surface area contributed by atoms with Gasteiger partial charge in [-0.05, 0) is 30.3 Å². The molecule has 1 N–H and O–H groups in total. The first-order chi connectivity index (χ1) is 11.6. The van der Waals surface area contributed by atoms with Gasteiger partial charge < -0.3 is 0 Å². The molecule has 0 unspecified atom stereocenters. The third kappa shape index (κ3) is 2.44. The Morgan fingerprint density at radius 1 is 0.792 bits per heavy atom. The minimum atomic E-state index is -3.87. The van der Waals surface area contributed by atoms with Gasteiger partial charge in [-0.2, -0.15) is 8.42 Å². The highest BCUT2D eigenvalue weighted by Crippen LogP contribution is 2.25. The van der Waals surface area contributed by atoms with Crippen LogP contribution in [0.2, 0.25) is 0 Å². The number of nitrogens with zero attached hydrogens (tertiary/aromatic N) is 3. The molecule has 1 aromatic carbocycles. The molecular formula is C17H12N4O2S. The predicted octanol–water partition coefficient (Wildman–Crippen LogP) is 2.98. The van der Waals surface area contributed by atoms with Crippen molar-refractivity contribution in [2.75, 3.05) is 4.72 Å². The number of nitrogens with one attached hydrogen (secondary N) is 1. The average molecular weight is 336 g/mol. The fourth-order valence-corrected chi connectivity index (χ4v) is 3.78. The topological polar surface area (TPSA) is 84.8 Å². The van der Waals surface area contributed by atoms with E-state index >= 15 is 0 Å². The van der Waals surface area contributed by atoms with E-state index < -0.39 is 10.0 Å². The van der Waals surface area contributed by atoms with Gasteiger partial charge in [0.25, 0.3) is 10.0 Å². The summed E-state index contributed by atoms with van der Waals surface area (Å²) in [7, 11) is -3.87. The number of anilines is 1. The highest BCUT2D eigenvalue weighted by atomic mass is 32.2. The summed E-state index contributed by atoms with van der Waals surface area (Å²) >= 11 is 0. The molecule has 4 aromatic rings. The molecule has 0 radical (unpaired) electrons. The molecule has 0 aliphatic rings. The van der Waals surface area contributed by atoms with Crippen LogP contribution in [-0.4, -0.2) is 23.4 Å². The summed E-state index contributed by atoms with van der Waals surface area (Å²) in [5, 5.41) is 1.27. The number of hydrogen-bond acceptors (Lipinski definition) is 5. The molecule has 0 bridgehead atoms. The van der Waals surface area contributed by atoms with Crippen LogP contribution < -0.4 is 4.72 Å². The second-order valence-corrected chi connectivity index (χ2v) is 6.77. The van der Waals surface area contributed by atoms with Gasteiger partial charge in [0, 0.05) is 29.4 Å². The number of aromatic nitrogens is 3. The van der Waals surface area contributed by atoms with E-state index in [4.69, 9.17) is 0 Å². The summed E-state index contributed by atoms with van der Waals surface area (Å²) in [5.41, 5.74) is 1.57. The van der Waals surface area contributed by atoms with E-state index in [0.717, 1.165) is 5.39 Å². The van der Waals surface area contributed by atoms with Gasteiger partial charge in [-0.3, -0.25) is 14.7 Å². The van der Waals surface area contributed by atoms with Gasteiger partial charge >= 0.3 is 0 Å². The molecule has 3 aromatic heterocycles. The summed E-state index contributed by atoms with van der Waals surface area (Å²) < 4.78 is 28.2. The minimum absolute atomic E-state index is 0.0546. The molecule has 0 aliphatic carbocycles. The van der Waals surface area contributed by atoms with Crippen molar-refractivity contribution in [3.8, 4) is 0 Å². The molecular weight excluding hydrogens is 324 g/mol. The number of rotatable bonds is 3. The second-order valence-electron chi connectivity index (χ2n) is 5.17. The van der Waals surface area contributed by atoms with E-state index in [1.807, 2.05) is 12.1 Å². The fraction of sp³-hybridized carbons (Fsp3) is 0. The first kappa shape index (κ1) is 14.5. The summed E-state index contributed by atoms with van der Waals surface area (Å²) in [6, 6.07) is 14.1. The van der Waals surface area contributed by atoms with Gasteiger partial charge in [-0.15, -0.1) is 0 Å². The van der Waals surface area contributed by atoms with Crippen molar-refractivity contribution in [3.05, 3.63) is 67.1 Å². The number of pyridine rings is 3. The maximum Gasteiger partial charge on any atom is 0.280 e. The highest BCUT2D eigenvalue weighted by molar-refractivity contribution is 7.92. The maximum atomic E-state index is 12.8. The average Bonchev–Trinajstić information content (AvgIpc) is 2.61. The van der Waals surface area contributed by atoms with Crippen LogP contribution in [0.5, 0.6) is 0 Å². The molecule has 0 saturated heterocycles. The van der Waals surface area contributed by atoms with Crippen LogP contribution in [0.4, 0.5) is 5.69 Å². The molecule has 0 aliphatic heterocycles. The van der Waals surface area contributed by atoms with Crippen molar-refractivity contribution in [2.45, 2.75) is 5.03 Å². The zero-order valence-corrected chi connectivity index (χ0v) is 13.2. The smallest absolute Gasteiger partial charge is 0.276 e. The molecule has 6 nitrogen and oxygen atoms in total. The first-order valence-electron chi connectivity index (χ1n) is 7.21. The number of sulfonamides is 1. The SMILES string of the molecule is O=S(=O)(Nc1cccc2cccnc12)c1nccc2ncccc12. The van der Waals surface area contributed by atoms with E-state index in [2.05, 4.69) is 19.7 Å². The Labute approximate surface area is 138 Å². The minimum Gasteiger partial charge on any atom is -0.276 e. The third-order valence-corrected chi connectivity index (χ3v) is 4.95. The molecule has 24 heavy (non-hydrogen) atoms. The van der Waals surface area contributed by atoms with Gasteiger partial charge in [0.05, 0.1) is 16.7 Å². The normalized spacial score (nSPS) is 11.7. The molecule has 0 amide bonds. The van der Waals surface area contributed by atoms with Crippen LogP contribution in [0.25, 0.3) is 21.8 Å². The van der Waals surface area contributed by atoms with Crippen LogP contribution in [0.1, 0.15) is 0 Å². The maximum absolute atomic E-state index is 12.8. The lowest BCUT2D eigenvalue weighted by Gasteiger charge is -2.11. The Balaban J connectivity index is 1.86. The van der Waals surface area contributed by atoms with Gasteiger partial charge in [0.15, 0.2) is 5.03 Å². The lowest BCUT2D eigenvalue weighted by Crippen LogP contribution is -2.15. The van der Waals surface area contributed by atoms with Crippen LogP contribution in [0.3, 0.4) is 0 Å². The summed E-state index contributed by atoms with van der Waals surface area (Å²) in [6.45, 7) is 0. The molecule has 7 heteroatoms. The largest absolute Gasteiger partial charge is 0.280 e. The molecule has 0 spiro atoms. The Bertz CT molecular complexity index is 1150. The Hall–Kier alpha value is -3.06. The third-order valence-electron chi connectivity index (χ3n) is 3.62. The molecule has 4 rings (SSSR count). The summed E-state index contributed by atoms with van der Waals surface area (Å²) in [5.74, 6) is 0. The number of para-hydroxylation sites is 1. The monoisotopic (exact) mass is 336 g/mol. The molecule has 0 atom stereocenters. The Kier molecular flexibility index (Phi) is 3.35. The van der Waals surface area contributed by atoms with Crippen LogP contribution in [0, 0.1) is 0 Å². The van der Waals surface area contributed by atoms with Gasteiger partial charge in [-0.1, -0.05) is 18.2 Å². The Morgan fingerprint density at radius 3 is 2.50 bits per heavy atom. The zero-order valence-electron chi connectivity index (χ0n) is 12.4. The van der Waals surface area contributed by atoms with E-state index in [0.29, 0.717) is 22.1 Å². The van der Waals surface area contributed by atoms with Gasteiger partial charge in [0.2, 0.25) is 0 Å². The molecule has 0 fully saturated rings. The molecule has 3 heterocycles. The van der Waals surface area contributed by atoms with Crippen LogP contribution >= 0.6 is 0 Å². The van der Waals surface area contributed by atoms with Gasteiger partial charge in [-0.25, -0.2) is 4.98 Å². The summed E-state index contributed by atoms with van der Waals surface area (Å²) in [6.07, 6.45) is 4.67. The lowest BCUT2D eigenvalue weighted by molar-refractivity contribution is 0.599. The van der Waals surface area contributed by atoms with Crippen molar-refractivity contribution >= 4 is 37.5 Å². The number of fused-ring (bicyclic) bond motifs is 2. The van der Waals surface area contributed by atoms with Crippen molar-refractivity contribution in [3.63, 3.8) is 0 Å². The lowest BCUT2D eigenvalue weighted by atomic mass is 10.2. The van der Waals surface area contributed by atoms with E-state index in [1.54, 1.807) is 48.8 Å². The fourth-order valence-electron chi connectivity index (χ4n) is 2.57. The first-order valence-corrected chi connectivity index (χ1v) is 8.70. The second kappa shape index (κ2) is 5.54. The zero-order chi connectivity index (χ0) is 16.6. The van der Waals surface area contributed by atoms with Crippen molar-refractivity contribution in [1.82, 2.24) is 15.0 Å². The molecule has 0 saturated carbocycles. The number of benzene rings is 1. The predicted molar refractivity (Wildman–Crippen MR) is 92.1 cm³/mol. The van der Waals surface area contributed by atoms with Crippen LogP contribution in [0.15, 0.2) is 72.1 Å². The van der Waals surface area contributed by atoms with Gasteiger partial charge in [0.1, 0.15) is 0 Å². The van der Waals surface area contributed by atoms with E-state index in [9.17, 15) is 8.42 Å². The van der Waals surface area contributed by atoms with Crippen LogP contribution in [-0.2, 0) is 10.0 Å². The Morgan fingerprint density at radius 2 is 1.58 bits per heavy atom. The van der Waals surface area contributed by atoms with Crippen molar-refractivity contribution in [1.29, 1.82) is 0 Å². The summed E-state index contributed by atoms with van der Waals surface area (Å²) in [4.78, 5) is 12.5. The van der Waals surface area contributed by atoms with E-state index in [1.165, 1.54) is 6.20 Å². The van der Waals surface area contributed by atoms with Crippen molar-refractivity contribution < 1.29 is 8.42 Å². The molecule has 118 valence electrons. The standard InChI is InChI=1S/C17H12N4O2S/c22-24(23,17-13-6-3-9-18-14(13)8-11-20-17)21-15-7-1-4-12-5-2-10-19-16(12)15/h1-11,21H. The quantitative estimate of drug-likeness (QED) is 0.622.